The summed E-state index contributed by atoms with van der Waals surface area (Å²) >= 11 is 0. The van der Waals surface area contributed by atoms with Gasteiger partial charge in [-0.15, -0.1) is 22.3 Å². The van der Waals surface area contributed by atoms with Crippen molar-refractivity contribution in [2.75, 3.05) is 0 Å². The van der Waals surface area contributed by atoms with E-state index in [0.717, 1.165) is 12.8 Å². The predicted molar refractivity (Wildman–Crippen MR) is 117 cm³/mol. The quantitative estimate of drug-likeness (QED) is 0.226. The van der Waals surface area contributed by atoms with Gasteiger partial charge in [-0.1, -0.05) is 62.4 Å². The van der Waals surface area contributed by atoms with Gasteiger partial charge in [0, 0.05) is 0 Å². The zero-order valence-corrected chi connectivity index (χ0v) is 19.3. The molecule has 0 N–H and O–H groups in total. The van der Waals surface area contributed by atoms with Crippen molar-refractivity contribution in [2.45, 2.75) is 26.7 Å². The van der Waals surface area contributed by atoms with Crippen molar-refractivity contribution in [3.05, 3.63) is 118 Å². The number of benzene rings is 4. The third kappa shape index (κ3) is 3.58. The van der Waals surface area contributed by atoms with Crippen LogP contribution in [-0.4, -0.2) is 0 Å². The minimum absolute atomic E-state index is 0. The predicted octanol–water partition coefficient (Wildman–Crippen LogP) is 6.73. The molecule has 138 valence electrons. The van der Waals surface area contributed by atoms with E-state index < -0.39 is 0 Å². The number of hydrogen-bond donors (Lipinski definition) is 0. The van der Waals surface area contributed by atoms with Crippen LogP contribution in [0.25, 0.3) is 22.3 Å². The summed E-state index contributed by atoms with van der Waals surface area (Å²) < 4.78 is 0. The standard InChI is InChI=1S/2C14H11.Zr/c2*1-10-5-4-8-13-12-7-3-2-6-11(12)9-14(10)13;/h2*2-4,6-8H,9H2,1H3;/q2*-1;+2. The fraction of sp³-hybridized carbons (Fsp3) is 0.143. The normalized spacial score (nSPS) is 11.9. The average Bonchev–Trinajstić information content (AvgIpc) is 3.29. The van der Waals surface area contributed by atoms with E-state index in [1.54, 1.807) is 0 Å². The van der Waals surface area contributed by atoms with Crippen LogP contribution in [0.5, 0.6) is 0 Å². The van der Waals surface area contributed by atoms with Gasteiger partial charge in [0.05, 0.1) is 0 Å². The summed E-state index contributed by atoms with van der Waals surface area (Å²) in [5.41, 5.74) is 14.0. The number of aryl methyl sites for hydroxylation is 2. The monoisotopic (exact) mass is 448 g/mol. The molecule has 6 rings (SSSR count). The Morgan fingerprint density at radius 3 is 1.41 bits per heavy atom. The Labute approximate surface area is 192 Å². The van der Waals surface area contributed by atoms with Crippen molar-refractivity contribution in [3.8, 4) is 22.3 Å². The number of fused-ring (bicyclic) bond motifs is 6. The average molecular weight is 450 g/mol. The van der Waals surface area contributed by atoms with Crippen LogP contribution in [0.3, 0.4) is 0 Å². The molecule has 4 aromatic rings. The van der Waals surface area contributed by atoms with Gasteiger partial charge in [0.1, 0.15) is 0 Å². The Morgan fingerprint density at radius 2 is 0.966 bits per heavy atom. The summed E-state index contributed by atoms with van der Waals surface area (Å²) in [4.78, 5) is 0. The van der Waals surface area contributed by atoms with E-state index in [4.69, 9.17) is 0 Å². The summed E-state index contributed by atoms with van der Waals surface area (Å²) in [6, 6.07) is 32.2. The maximum absolute atomic E-state index is 3.27. The molecular formula is C28H22Zr. The molecule has 1 heteroatoms. The SMILES string of the molecule is Cc1[c-]ccc2c1Cc1ccccc1-2.Cc1[c-]ccc2c1Cc1ccccc1-2.[Zr+2]. The van der Waals surface area contributed by atoms with E-state index in [9.17, 15) is 0 Å². The Balaban J connectivity index is 0.000000137. The second-order valence-electron chi connectivity index (χ2n) is 7.66. The van der Waals surface area contributed by atoms with E-state index >= 15 is 0 Å². The molecule has 29 heavy (non-hydrogen) atoms. The summed E-state index contributed by atoms with van der Waals surface area (Å²) in [6.45, 7) is 4.29. The molecule has 0 atom stereocenters. The molecule has 0 saturated heterocycles. The molecular weight excluding hydrogens is 428 g/mol. The zero-order valence-electron chi connectivity index (χ0n) is 16.8. The van der Waals surface area contributed by atoms with E-state index in [-0.39, 0.29) is 26.2 Å². The smallest absolute Gasteiger partial charge is 0.180 e. The van der Waals surface area contributed by atoms with Crippen LogP contribution in [-0.2, 0) is 39.0 Å². The van der Waals surface area contributed by atoms with E-state index in [1.165, 1.54) is 55.6 Å². The number of hydrogen-bond acceptors (Lipinski definition) is 0. The van der Waals surface area contributed by atoms with Crippen molar-refractivity contribution in [2.24, 2.45) is 0 Å². The molecule has 0 unspecified atom stereocenters. The second kappa shape index (κ2) is 8.25. The van der Waals surface area contributed by atoms with Crippen LogP contribution in [0, 0.1) is 26.0 Å². The van der Waals surface area contributed by atoms with Crippen molar-refractivity contribution in [3.63, 3.8) is 0 Å². The van der Waals surface area contributed by atoms with Crippen LogP contribution >= 0.6 is 0 Å². The Bertz CT molecular complexity index is 1090. The van der Waals surface area contributed by atoms with Crippen molar-refractivity contribution < 1.29 is 26.2 Å². The molecule has 0 fully saturated rings. The third-order valence-electron chi connectivity index (χ3n) is 6.00. The molecule has 0 spiro atoms. The van der Waals surface area contributed by atoms with Crippen LogP contribution < -0.4 is 0 Å². The zero-order chi connectivity index (χ0) is 19.1. The molecule has 4 aromatic carbocycles. The Morgan fingerprint density at radius 1 is 0.552 bits per heavy atom. The molecule has 0 aromatic heterocycles. The summed E-state index contributed by atoms with van der Waals surface area (Å²) in [6.07, 6.45) is 2.16. The first kappa shape index (κ1) is 20.1. The van der Waals surface area contributed by atoms with Gasteiger partial charge in [0.2, 0.25) is 0 Å². The molecule has 0 saturated carbocycles. The van der Waals surface area contributed by atoms with Gasteiger partial charge in [-0.3, -0.25) is 0 Å². The van der Waals surface area contributed by atoms with Crippen molar-refractivity contribution >= 4 is 0 Å². The van der Waals surface area contributed by atoms with Crippen LogP contribution in [0.2, 0.25) is 0 Å². The third-order valence-corrected chi connectivity index (χ3v) is 6.00. The van der Waals surface area contributed by atoms with Crippen LogP contribution in [0.4, 0.5) is 0 Å². The molecule has 0 heterocycles. The molecule has 0 bridgehead atoms. The molecule has 2 aliphatic rings. The second-order valence-corrected chi connectivity index (χ2v) is 7.66. The van der Waals surface area contributed by atoms with Gasteiger partial charge in [0.15, 0.2) is 0 Å². The molecule has 0 nitrogen and oxygen atoms in total. The minimum atomic E-state index is 0. The molecule has 2 aliphatic carbocycles. The van der Waals surface area contributed by atoms with Crippen LogP contribution in [0.1, 0.15) is 33.4 Å². The largest absolute Gasteiger partial charge is 2.00 e. The number of rotatable bonds is 0. The first-order chi connectivity index (χ1) is 13.7. The molecule has 0 amide bonds. The molecule has 0 radical (unpaired) electrons. The van der Waals surface area contributed by atoms with Crippen molar-refractivity contribution in [1.82, 2.24) is 0 Å². The fourth-order valence-electron chi connectivity index (χ4n) is 4.50. The van der Waals surface area contributed by atoms with Gasteiger partial charge in [-0.05, 0) is 35.1 Å². The Kier molecular flexibility index (Phi) is 5.70. The Hall–Kier alpha value is -2.24. The summed E-state index contributed by atoms with van der Waals surface area (Å²) in [7, 11) is 0. The maximum atomic E-state index is 3.27. The molecule has 0 aliphatic heterocycles. The first-order valence-electron chi connectivity index (χ1n) is 9.89. The van der Waals surface area contributed by atoms with Crippen molar-refractivity contribution in [1.29, 1.82) is 0 Å². The first-order valence-corrected chi connectivity index (χ1v) is 9.89. The van der Waals surface area contributed by atoms with Gasteiger partial charge in [-0.2, -0.15) is 47.5 Å². The van der Waals surface area contributed by atoms with Gasteiger partial charge in [0.25, 0.3) is 0 Å². The van der Waals surface area contributed by atoms with E-state index in [0.29, 0.717) is 0 Å². The summed E-state index contributed by atoms with van der Waals surface area (Å²) in [5, 5.41) is 0. The fourth-order valence-corrected chi connectivity index (χ4v) is 4.50. The topological polar surface area (TPSA) is 0 Å². The van der Waals surface area contributed by atoms with Gasteiger partial charge < -0.3 is 0 Å². The van der Waals surface area contributed by atoms with E-state index in [1.807, 2.05) is 12.1 Å². The van der Waals surface area contributed by atoms with E-state index in [2.05, 4.69) is 86.6 Å². The summed E-state index contributed by atoms with van der Waals surface area (Å²) in [5.74, 6) is 0. The van der Waals surface area contributed by atoms with Gasteiger partial charge in [-0.25, -0.2) is 0 Å². The van der Waals surface area contributed by atoms with Gasteiger partial charge >= 0.3 is 26.2 Å². The van der Waals surface area contributed by atoms with Crippen LogP contribution in [0.15, 0.2) is 72.8 Å². The maximum Gasteiger partial charge on any atom is 2.00 e. The minimum Gasteiger partial charge on any atom is -0.180 e.